The fraction of sp³-hybridized carbons (Fsp3) is 0.185. The molecule has 0 fully saturated rings. The second-order valence-corrected chi connectivity index (χ2v) is 10.1. The van der Waals surface area contributed by atoms with Crippen LogP contribution in [0.5, 0.6) is 5.75 Å². The Balaban J connectivity index is 1.33. The van der Waals surface area contributed by atoms with Crippen LogP contribution in [-0.2, 0) is 9.59 Å². The van der Waals surface area contributed by atoms with Crippen LogP contribution in [0.1, 0.15) is 30.0 Å². The Morgan fingerprint density at radius 2 is 1.92 bits per heavy atom. The van der Waals surface area contributed by atoms with Crippen LogP contribution < -0.4 is 10.1 Å². The number of carbonyl (C=O) groups excluding carboxylic acids is 2. The highest BCUT2D eigenvalue weighted by atomic mass is 35.5. The fourth-order valence-electron chi connectivity index (χ4n) is 4.14. The van der Waals surface area contributed by atoms with Crippen LogP contribution in [0.15, 0.2) is 82.9 Å². The van der Waals surface area contributed by atoms with Crippen molar-refractivity contribution in [2.45, 2.75) is 24.1 Å². The van der Waals surface area contributed by atoms with E-state index in [0.29, 0.717) is 28.0 Å². The van der Waals surface area contributed by atoms with E-state index in [1.165, 1.54) is 23.9 Å². The predicted octanol–water partition coefficient (Wildman–Crippen LogP) is 5.67. The summed E-state index contributed by atoms with van der Waals surface area (Å²) in [6, 6.07) is 20.2. The first kappa shape index (κ1) is 25.0. The maximum absolute atomic E-state index is 13.5. The molecule has 7 nitrogen and oxygen atoms in total. The first-order chi connectivity index (χ1) is 17.9. The van der Waals surface area contributed by atoms with Gasteiger partial charge in [-0.15, -0.1) is 0 Å². The predicted molar refractivity (Wildman–Crippen MR) is 144 cm³/mol. The summed E-state index contributed by atoms with van der Waals surface area (Å²) in [7, 11) is 1.57. The van der Waals surface area contributed by atoms with Crippen molar-refractivity contribution in [3.63, 3.8) is 0 Å². The van der Waals surface area contributed by atoms with E-state index in [2.05, 4.69) is 10.3 Å². The van der Waals surface area contributed by atoms with Gasteiger partial charge in [-0.25, -0.2) is 9.40 Å². The first-order valence-corrected chi connectivity index (χ1v) is 12.8. The van der Waals surface area contributed by atoms with Gasteiger partial charge in [0.1, 0.15) is 16.8 Å². The van der Waals surface area contributed by atoms with Gasteiger partial charge < -0.3 is 10.1 Å². The SMILES string of the molecule is COc1ccc(NC(=O)CC2SC(N3N=C(c4ccc(F)cc4)CC3c3cccc(Cl)c3)=NC2=O)cc1. The Morgan fingerprint density at radius 1 is 1.16 bits per heavy atom. The van der Waals surface area contributed by atoms with E-state index in [0.717, 1.165) is 16.8 Å². The molecule has 2 atom stereocenters. The van der Waals surface area contributed by atoms with Gasteiger partial charge in [-0.05, 0) is 59.7 Å². The standard InChI is InChI=1S/C27H22ClFN4O3S/c1-36-21-11-9-20(10-12-21)30-25(34)15-24-26(35)31-27(37-24)33-23(17-3-2-4-18(28)13-17)14-22(32-33)16-5-7-19(29)8-6-16/h2-13,23-24H,14-15H2,1H3,(H,30,34). The maximum Gasteiger partial charge on any atom is 0.262 e. The zero-order valence-corrected chi connectivity index (χ0v) is 21.3. The lowest BCUT2D eigenvalue weighted by molar-refractivity contribution is -0.121. The van der Waals surface area contributed by atoms with Crippen LogP contribution in [0.4, 0.5) is 10.1 Å². The van der Waals surface area contributed by atoms with Crippen LogP contribution in [-0.4, -0.2) is 40.1 Å². The molecule has 5 rings (SSSR count). The normalized spacial score (nSPS) is 19.0. The zero-order valence-electron chi connectivity index (χ0n) is 19.7. The molecule has 2 aliphatic rings. The minimum Gasteiger partial charge on any atom is -0.497 e. The fourth-order valence-corrected chi connectivity index (χ4v) is 5.40. The van der Waals surface area contributed by atoms with Crippen LogP contribution in [0.25, 0.3) is 0 Å². The summed E-state index contributed by atoms with van der Waals surface area (Å²) in [4.78, 5) is 29.6. The molecule has 2 heterocycles. The Kier molecular flexibility index (Phi) is 7.25. The number of methoxy groups -OCH3 is 1. The summed E-state index contributed by atoms with van der Waals surface area (Å²) in [5, 5.41) is 9.59. The molecule has 0 aliphatic carbocycles. The van der Waals surface area contributed by atoms with Gasteiger partial charge in [0.25, 0.3) is 5.91 Å². The Morgan fingerprint density at radius 3 is 2.62 bits per heavy atom. The summed E-state index contributed by atoms with van der Waals surface area (Å²) in [5.41, 5.74) is 3.03. The number of thioether (sulfide) groups is 1. The molecule has 2 amide bonds. The lowest BCUT2D eigenvalue weighted by atomic mass is 9.98. The summed E-state index contributed by atoms with van der Waals surface area (Å²) >= 11 is 7.46. The van der Waals surface area contributed by atoms with E-state index in [-0.39, 0.29) is 30.1 Å². The van der Waals surface area contributed by atoms with Gasteiger partial charge >= 0.3 is 0 Å². The van der Waals surface area contributed by atoms with Gasteiger partial charge in [0.2, 0.25) is 5.91 Å². The van der Waals surface area contributed by atoms with Crippen LogP contribution >= 0.6 is 23.4 Å². The topological polar surface area (TPSA) is 83.4 Å². The van der Waals surface area contributed by atoms with E-state index >= 15 is 0 Å². The summed E-state index contributed by atoms with van der Waals surface area (Å²) < 4.78 is 18.6. The van der Waals surface area contributed by atoms with Crippen molar-refractivity contribution in [1.82, 2.24) is 5.01 Å². The molecule has 188 valence electrons. The number of nitrogens with one attached hydrogen (secondary N) is 1. The van der Waals surface area contributed by atoms with Crippen molar-refractivity contribution in [2.24, 2.45) is 10.1 Å². The van der Waals surface area contributed by atoms with Gasteiger partial charge in [-0.3, -0.25) is 9.59 Å². The second-order valence-electron chi connectivity index (χ2n) is 8.49. The lowest BCUT2D eigenvalue weighted by Crippen LogP contribution is -2.25. The summed E-state index contributed by atoms with van der Waals surface area (Å²) in [6.45, 7) is 0. The van der Waals surface area contributed by atoms with E-state index in [1.807, 2.05) is 18.2 Å². The van der Waals surface area contributed by atoms with E-state index in [1.54, 1.807) is 54.6 Å². The molecule has 0 saturated carbocycles. The van der Waals surface area contributed by atoms with E-state index in [4.69, 9.17) is 21.4 Å². The van der Waals surface area contributed by atoms with Gasteiger partial charge in [0.15, 0.2) is 5.17 Å². The van der Waals surface area contributed by atoms with Crippen molar-refractivity contribution in [3.8, 4) is 5.75 Å². The van der Waals surface area contributed by atoms with Crippen LogP contribution in [0, 0.1) is 5.82 Å². The lowest BCUT2D eigenvalue weighted by Gasteiger charge is -2.23. The molecule has 2 unspecified atom stereocenters. The number of halogens is 2. The van der Waals surface area contributed by atoms with Gasteiger partial charge in [0.05, 0.1) is 18.9 Å². The number of anilines is 1. The Bertz CT molecular complexity index is 1400. The van der Waals surface area contributed by atoms with Gasteiger partial charge in [-0.1, -0.05) is 47.6 Å². The monoisotopic (exact) mass is 536 g/mol. The third kappa shape index (κ3) is 5.68. The molecule has 0 radical (unpaired) electrons. The quantitative estimate of drug-likeness (QED) is 0.439. The number of hydrogen-bond donors (Lipinski definition) is 1. The molecular formula is C27H22ClFN4O3S. The highest BCUT2D eigenvalue weighted by Crippen LogP contribution is 2.39. The average molecular weight is 537 g/mol. The minimum absolute atomic E-state index is 0.0350. The number of amides is 2. The number of ether oxygens (including phenoxy) is 1. The highest BCUT2D eigenvalue weighted by molar-refractivity contribution is 8.15. The van der Waals surface area contributed by atoms with Crippen molar-refractivity contribution >= 4 is 51.7 Å². The molecular weight excluding hydrogens is 515 g/mol. The molecule has 0 spiro atoms. The number of carbonyl (C=O) groups is 2. The number of aliphatic imine (C=N–C) groups is 1. The molecule has 0 saturated heterocycles. The number of nitrogens with zero attached hydrogens (tertiary/aromatic N) is 3. The largest absolute Gasteiger partial charge is 0.497 e. The summed E-state index contributed by atoms with van der Waals surface area (Å²) in [5.74, 6) is -0.336. The molecule has 0 bridgehead atoms. The van der Waals surface area contributed by atoms with Crippen molar-refractivity contribution in [1.29, 1.82) is 0 Å². The molecule has 10 heteroatoms. The molecule has 3 aromatic carbocycles. The smallest absolute Gasteiger partial charge is 0.262 e. The molecule has 2 aliphatic heterocycles. The van der Waals surface area contributed by atoms with Gasteiger partial charge in [0, 0.05) is 23.6 Å². The van der Waals surface area contributed by atoms with Crippen molar-refractivity contribution in [2.75, 3.05) is 12.4 Å². The number of amidine groups is 1. The van der Waals surface area contributed by atoms with Crippen molar-refractivity contribution in [3.05, 3.63) is 94.8 Å². The van der Waals surface area contributed by atoms with Crippen molar-refractivity contribution < 1.29 is 18.7 Å². The molecule has 3 aromatic rings. The third-order valence-electron chi connectivity index (χ3n) is 5.99. The average Bonchev–Trinajstić information content (AvgIpc) is 3.49. The molecule has 1 N–H and O–H groups in total. The minimum atomic E-state index is -0.668. The zero-order chi connectivity index (χ0) is 25.9. The Hall–Kier alpha value is -3.69. The summed E-state index contributed by atoms with van der Waals surface area (Å²) in [6.07, 6.45) is 0.481. The number of benzene rings is 3. The number of hydrazone groups is 1. The molecule has 37 heavy (non-hydrogen) atoms. The number of rotatable bonds is 6. The maximum atomic E-state index is 13.5. The van der Waals surface area contributed by atoms with Gasteiger partial charge in [-0.2, -0.15) is 10.1 Å². The highest BCUT2D eigenvalue weighted by Gasteiger charge is 2.39. The number of hydrogen-bond acceptors (Lipinski definition) is 6. The Labute approximate surface area is 222 Å². The van der Waals surface area contributed by atoms with Crippen LogP contribution in [0.2, 0.25) is 5.02 Å². The second kappa shape index (κ2) is 10.7. The van der Waals surface area contributed by atoms with E-state index < -0.39 is 5.25 Å². The first-order valence-electron chi connectivity index (χ1n) is 11.5. The van der Waals surface area contributed by atoms with Crippen LogP contribution in [0.3, 0.4) is 0 Å². The van der Waals surface area contributed by atoms with E-state index in [9.17, 15) is 14.0 Å². The molecule has 0 aromatic heterocycles. The third-order valence-corrected chi connectivity index (χ3v) is 7.37.